The maximum Gasteiger partial charge on any atom is 0.308 e. The molecular weight excluding hydrogens is 707 g/mol. The minimum atomic E-state index is -0.463. The van der Waals surface area contributed by atoms with Crippen molar-refractivity contribution in [2.75, 3.05) is 51.0 Å². The zero-order valence-electron chi connectivity index (χ0n) is 37.0. The van der Waals surface area contributed by atoms with Gasteiger partial charge in [0, 0.05) is 31.1 Å². The van der Waals surface area contributed by atoms with E-state index in [4.69, 9.17) is 9.47 Å². The van der Waals surface area contributed by atoms with Gasteiger partial charge in [-0.1, -0.05) is 163 Å². The fourth-order valence-electron chi connectivity index (χ4n) is 7.45. The van der Waals surface area contributed by atoms with Crippen LogP contribution in [0.1, 0.15) is 220 Å². The molecule has 0 aliphatic carbocycles. The molecule has 0 aromatic rings. The third-order valence-corrected chi connectivity index (χ3v) is 12.1. The lowest BCUT2D eigenvalue weighted by Crippen LogP contribution is -2.35. The number of ether oxygens (including phenoxy) is 2. The first-order valence-corrected chi connectivity index (χ1v) is 25.0. The molecule has 0 aromatic heterocycles. The minimum Gasteiger partial charge on any atom is -0.465 e. The molecule has 55 heavy (non-hydrogen) atoms. The molecular formula is C47H93NO6S. The molecule has 0 fully saturated rings. The molecule has 0 aromatic carbocycles. The molecule has 0 heterocycles. The monoisotopic (exact) mass is 800 g/mol. The van der Waals surface area contributed by atoms with Gasteiger partial charge in [-0.05, 0) is 70.4 Å². The van der Waals surface area contributed by atoms with Crippen molar-refractivity contribution in [2.45, 2.75) is 226 Å². The summed E-state index contributed by atoms with van der Waals surface area (Å²) < 4.78 is 11.6. The average molecular weight is 800 g/mol. The van der Waals surface area contributed by atoms with E-state index in [0.717, 1.165) is 70.9 Å². The van der Waals surface area contributed by atoms with E-state index < -0.39 is 6.10 Å². The van der Waals surface area contributed by atoms with Gasteiger partial charge in [0.2, 0.25) is 0 Å². The Bertz CT molecular complexity index is 816. The van der Waals surface area contributed by atoms with Crippen molar-refractivity contribution >= 4 is 23.7 Å². The summed E-state index contributed by atoms with van der Waals surface area (Å²) in [7, 11) is 0. The lowest BCUT2D eigenvalue weighted by molar-refractivity contribution is -0.148. The van der Waals surface area contributed by atoms with Crippen molar-refractivity contribution in [1.29, 1.82) is 0 Å². The van der Waals surface area contributed by atoms with E-state index in [2.05, 4.69) is 32.6 Å². The van der Waals surface area contributed by atoms with Crippen LogP contribution in [-0.4, -0.2) is 84.1 Å². The van der Waals surface area contributed by atoms with Crippen molar-refractivity contribution < 1.29 is 29.3 Å². The Morgan fingerprint density at radius 3 is 1.60 bits per heavy atom. The van der Waals surface area contributed by atoms with Gasteiger partial charge in [0.1, 0.15) is 6.61 Å². The van der Waals surface area contributed by atoms with E-state index in [1.54, 1.807) is 11.8 Å². The molecule has 0 rings (SSSR count). The first-order chi connectivity index (χ1) is 26.9. The van der Waals surface area contributed by atoms with Gasteiger partial charge in [-0.2, -0.15) is 11.8 Å². The van der Waals surface area contributed by atoms with E-state index in [1.807, 2.05) is 0 Å². The second-order valence-corrected chi connectivity index (χ2v) is 17.6. The summed E-state index contributed by atoms with van der Waals surface area (Å²) in [5, 5.41) is 20.2. The van der Waals surface area contributed by atoms with Gasteiger partial charge < -0.3 is 24.6 Å². The van der Waals surface area contributed by atoms with Crippen LogP contribution in [0, 0.1) is 11.8 Å². The predicted molar refractivity (Wildman–Crippen MR) is 237 cm³/mol. The lowest BCUT2D eigenvalue weighted by atomic mass is 9.94. The Morgan fingerprint density at radius 1 is 0.582 bits per heavy atom. The van der Waals surface area contributed by atoms with E-state index in [0.29, 0.717) is 43.6 Å². The fourth-order valence-corrected chi connectivity index (χ4v) is 8.19. The molecule has 0 spiro atoms. The average Bonchev–Trinajstić information content (AvgIpc) is 3.18. The van der Waals surface area contributed by atoms with Gasteiger partial charge in [0.05, 0.1) is 18.6 Å². The van der Waals surface area contributed by atoms with Crippen molar-refractivity contribution in [2.24, 2.45) is 11.8 Å². The molecule has 8 heteroatoms. The fraction of sp³-hybridized carbons (Fsp3) is 0.957. The van der Waals surface area contributed by atoms with Gasteiger partial charge >= 0.3 is 11.9 Å². The number of carbonyl (C=O) groups is 2. The molecule has 3 unspecified atom stereocenters. The first-order valence-electron chi connectivity index (χ1n) is 23.8. The number of aliphatic hydroxyl groups excluding tert-OH is 2. The molecule has 2 N–H and O–H groups in total. The number of thioether (sulfide) groups is 1. The largest absolute Gasteiger partial charge is 0.465 e. The molecule has 0 saturated carbocycles. The molecule has 3 atom stereocenters. The topological polar surface area (TPSA) is 96.3 Å². The molecule has 7 nitrogen and oxygen atoms in total. The van der Waals surface area contributed by atoms with Crippen LogP contribution in [0.2, 0.25) is 0 Å². The normalized spacial score (nSPS) is 13.3. The summed E-state index contributed by atoms with van der Waals surface area (Å²) in [6.45, 7) is 12.4. The van der Waals surface area contributed by atoms with Gasteiger partial charge in [0.25, 0.3) is 0 Å². The van der Waals surface area contributed by atoms with Crippen LogP contribution < -0.4 is 0 Å². The summed E-state index contributed by atoms with van der Waals surface area (Å²) in [6, 6.07) is 0. The van der Waals surface area contributed by atoms with E-state index >= 15 is 0 Å². The van der Waals surface area contributed by atoms with Crippen LogP contribution in [0.4, 0.5) is 0 Å². The van der Waals surface area contributed by atoms with Crippen LogP contribution in [0.3, 0.4) is 0 Å². The Balaban J connectivity index is 4.50. The third-order valence-electron chi connectivity index (χ3n) is 11.0. The number of hydrogen-bond acceptors (Lipinski definition) is 8. The highest BCUT2D eigenvalue weighted by Gasteiger charge is 2.20. The van der Waals surface area contributed by atoms with Gasteiger partial charge in [-0.25, -0.2) is 0 Å². The SMILES string of the molecule is CCCCCCCCC(CCCCCC)COC(=O)CCCCCN(CCCCO)CC(O)CSCCOC(=O)C(CCCCCC)CCCCCCCC. The number of hydrogen-bond donors (Lipinski definition) is 2. The van der Waals surface area contributed by atoms with E-state index in [9.17, 15) is 19.8 Å². The maximum absolute atomic E-state index is 13.0. The quantitative estimate of drug-likeness (QED) is 0.0465. The molecule has 0 aliphatic heterocycles. The number of unbranched alkanes of at least 4 members (excludes halogenated alkanes) is 19. The number of nitrogens with zero attached hydrogens (tertiary/aromatic N) is 1. The van der Waals surface area contributed by atoms with Crippen LogP contribution >= 0.6 is 11.8 Å². The predicted octanol–water partition coefficient (Wildman–Crippen LogP) is 12.5. The Labute approximate surface area is 346 Å². The Kier molecular flexibility index (Phi) is 42.1. The van der Waals surface area contributed by atoms with E-state index in [-0.39, 0.29) is 24.5 Å². The van der Waals surface area contributed by atoms with Crippen LogP contribution in [0.15, 0.2) is 0 Å². The van der Waals surface area contributed by atoms with Gasteiger partial charge in [-0.3, -0.25) is 9.59 Å². The molecule has 0 radical (unpaired) electrons. The summed E-state index contributed by atoms with van der Waals surface area (Å²) in [4.78, 5) is 27.9. The van der Waals surface area contributed by atoms with Crippen molar-refractivity contribution in [3.63, 3.8) is 0 Å². The van der Waals surface area contributed by atoms with E-state index in [1.165, 1.54) is 128 Å². The third kappa shape index (κ3) is 37.2. The molecule has 0 saturated heterocycles. The zero-order valence-corrected chi connectivity index (χ0v) is 37.8. The second-order valence-electron chi connectivity index (χ2n) is 16.5. The molecule has 0 amide bonds. The highest BCUT2D eigenvalue weighted by molar-refractivity contribution is 7.99. The number of esters is 2. The van der Waals surface area contributed by atoms with Crippen molar-refractivity contribution in [1.82, 2.24) is 4.90 Å². The summed E-state index contributed by atoms with van der Waals surface area (Å²) in [6.07, 6.45) is 33.7. The second kappa shape index (κ2) is 42.8. The minimum absolute atomic E-state index is 0.0222. The van der Waals surface area contributed by atoms with Crippen LogP contribution in [0.5, 0.6) is 0 Å². The molecule has 328 valence electrons. The molecule has 0 bridgehead atoms. The maximum atomic E-state index is 13.0. The van der Waals surface area contributed by atoms with Crippen molar-refractivity contribution in [3.8, 4) is 0 Å². The molecule has 0 aliphatic rings. The van der Waals surface area contributed by atoms with Crippen LogP contribution in [0.25, 0.3) is 0 Å². The number of aliphatic hydroxyl groups is 2. The zero-order chi connectivity index (χ0) is 40.5. The van der Waals surface area contributed by atoms with Gasteiger partial charge in [-0.15, -0.1) is 0 Å². The number of rotatable bonds is 44. The lowest BCUT2D eigenvalue weighted by Gasteiger charge is -2.25. The smallest absolute Gasteiger partial charge is 0.308 e. The highest BCUT2D eigenvalue weighted by atomic mass is 32.2. The number of carbonyl (C=O) groups excluding carboxylic acids is 2. The summed E-state index contributed by atoms with van der Waals surface area (Å²) >= 11 is 1.65. The Morgan fingerprint density at radius 2 is 1.05 bits per heavy atom. The first kappa shape index (κ1) is 54.2. The standard InChI is InChI=1S/C47H93NO6S/c1-5-9-13-17-19-23-31-43(30-22-15-11-7-3)41-54-46(51)34-26-21-27-35-48(36-28-29-37-49)40-45(50)42-55-39-38-53-47(52)44(32-24-16-12-8-4)33-25-20-18-14-10-6-2/h43-45,49-50H,5-42H2,1-4H3. The summed E-state index contributed by atoms with van der Waals surface area (Å²) in [5.41, 5.74) is 0. The van der Waals surface area contributed by atoms with Crippen LogP contribution in [-0.2, 0) is 19.1 Å². The van der Waals surface area contributed by atoms with Gasteiger partial charge in [0.15, 0.2) is 0 Å². The Hall–Kier alpha value is -0.830. The summed E-state index contributed by atoms with van der Waals surface area (Å²) in [5.74, 6) is 1.74. The van der Waals surface area contributed by atoms with Crippen molar-refractivity contribution in [3.05, 3.63) is 0 Å². The highest BCUT2D eigenvalue weighted by Crippen LogP contribution is 2.22.